The van der Waals surface area contributed by atoms with Crippen LogP contribution >= 0.6 is 23.4 Å². The van der Waals surface area contributed by atoms with Gasteiger partial charge in [-0.25, -0.2) is 0 Å². The Balaban J connectivity index is 2.20. The third kappa shape index (κ3) is 2.71. The second-order valence-corrected chi connectivity index (χ2v) is 5.47. The van der Waals surface area contributed by atoms with Gasteiger partial charge in [0.05, 0.1) is 16.8 Å². The molecule has 1 aliphatic heterocycles. The van der Waals surface area contributed by atoms with Crippen LogP contribution in [0.1, 0.15) is 18.9 Å². The van der Waals surface area contributed by atoms with Crippen LogP contribution in [0.4, 0.5) is 5.69 Å². The monoisotopic (exact) mass is 254 g/mol. The number of aryl methyl sites for hydroxylation is 1. The summed E-state index contributed by atoms with van der Waals surface area (Å²) < 4.78 is 0. The lowest BCUT2D eigenvalue weighted by Gasteiger charge is -2.19. The molecule has 1 N–H and O–H groups in total. The number of halogens is 1. The zero-order chi connectivity index (χ0) is 11.5. The van der Waals surface area contributed by atoms with Crippen molar-refractivity contribution in [3.8, 4) is 0 Å². The Kier molecular flexibility index (Phi) is 3.77. The molecule has 16 heavy (non-hydrogen) atoms. The van der Waals surface area contributed by atoms with Gasteiger partial charge in [-0.15, -0.1) is 0 Å². The predicted molar refractivity (Wildman–Crippen MR) is 73.8 cm³/mol. The van der Waals surface area contributed by atoms with E-state index >= 15 is 0 Å². The highest BCUT2D eigenvalue weighted by molar-refractivity contribution is 8.14. The molecule has 0 aromatic heterocycles. The van der Waals surface area contributed by atoms with E-state index in [0.717, 1.165) is 33.6 Å². The minimum atomic E-state index is 0.409. The van der Waals surface area contributed by atoms with Gasteiger partial charge in [0.1, 0.15) is 0 Å². The van der Waals surface area contributed by atoms with Crippen molar-refractivity contribution >= 4 is 34.2 Å². The van der Waals surface area contributed by atoms with E-state index in [2.05, 4.69) is 17.2 Å². The van der Waals surface area contributed by atoms with Crippen molar-refractivity contribution in [2.45, 2.75) is 26.3 Å². The first-order valence-electron chi connectivity index (χ1n) is 5.39. The molecule has 0 saturated carbocycles. The first kappa shape index (κ1) is 11.8. The number of nitrogens with one attached hydrogen (secondary N) is 1. The molecule has 1 aromatic rings. The smallest absolute Gasteiger partial charge is 0.161 e. The lowest BCUT2D eigenvalue weighted by atomic mass is 10.2. The maximum Gasteiger partial charge on any atom is 0.161 e. The fraction of sp³-hybridized carbons (Fsp3) is 0.417. The Morgan fingerprint density at radius 2 is 2.31 bits per heavy atom. The molecule has 1 heterocycles. The number of amidine groups is 1. The molecule has 1 aliphatic rings. The quantitative estimate of drug-likeness (QED) is 0.821. The third-order valence-electron chi connectivity index (χ3n) is 2.57. The van der Waals surface area contributed by atoms with Crippen molar-refractivity contribution in [3.63, 3.8) is 0 Å². The molecule has 0 aliphatic carbocycles. The molecule has 0 radical (unpaired) electrons. The lowest BCUT2D eigenvalue weighted by Crippen LogP contribution is -2.18. The Morgan fingerprint density at radius 1 is 1.50 bits per heavy atom. The second kappa shape index (κ2) is 5.11. The summed E-state index contributed by atoms with van der Waals surface area (Å²) in [5, 5.41) is 5.06. The first-order chi connectivity index (χ1) is 7.66. The van der Waals surface area contributed by atoms with Crippen LogP contribution in [0, 0.1) is 6.92 Å². The maximum absolute atomic E-state index is 6.16. The molecule has 2 nitrogen and oxygen atoms in total. The maximum atomic E-state index is 6.16. The third-order valence-corrected chi connectivity index (χ3v) is 3.80. The molecule has 1 unspecified atom stereocenters. The van der Waals surface area contributed by atoms with Crippen molar-refractivity contribution in [2.75, 3.05) is 11.1 Å². The second-order valence-electron chi connectivity index (χ2n) is 3.98. The molecule has 1 atom stereocenters. The Bertz CT molecular complexity index is 397. The van der Waals surface area contributed by atoms with Gasteiger partial charge in [-0.2, -0.15) is 0 Å². The summed E-state index contributed by atoms with van der Waals surface area (Å²) in [5.41, 5.74) is 2.12. The van der Waals surface area contributed by atoms with E-state index in [1.165, 1.54) is 0 Å². The average Bonchev–Trinajstić information content (AvgIpc) is 2.24. The van der Waals surface area contributed by atoms with E-state index in [-0.39, 0.29) is 0 Å². The van der Waals surface area contributed by atoms with E-state index in [4.69, 9.17) is 11.6 Å². The van der Waals surface area contributed by atoms with Crippen LogP contribution in [-0.2, 0) is 0 Å². The van der Waals surface area contributed by atoms with E-state index in [0.29, 0.717) is 6.04 Å². The van der Waals surface area contributed by atoms with Crippen LogP contribution in [0.2, 0.25) is 5.02 Å². The fourth-order valence-corrected chi connectivity index (χ4v) is 2.94. The SMILES string of the molecule is Cc1cccc(Cl)c1NC1=NC(C)CCS1. The Hall–Kier alpha value is -0.670. The number of aliphatic imine (C=N–C) groups is 1. The number of hydrogen-bond acceptors (Lipinski definition) is 3. The molecule has 0 fully saturated rings. The van der Waals surface area contributed by atoms with Gasteiger partial charge >= 0.3 is 0 Å². The number of hydrogen-bond donors (Lipinski definition) is 1. The molecule has 2 rings (SSSR count). The topological polar surface area (TPSA) is 24.4 Å². The molecule has 0 bridgehead atoms. The number of rotatable bonds is 1. The molecule has 1 aromatic carbocycles. The van der Waals surface area contributed by atoms with E-state index < -0.39 is 0 Å². The Morgan fingerprint density at radius 3 is 3.00 bits per heavy atom. The zero-order valence-corrected chi connectivity index (χ0v) is 11.0. The lowest BCUT2D eigenvalue weighted by molar-refractivity contribution is 0.720. The van der Waals surface area contributed by atoms with Crippen molar-refractivity contribution in [1.29, 1.82) is 0 Å². The number of thioether (sulfide) groups is 1. The van der Waals surface area contributed by atoms with Crippen LogP contribution < -0.4 is 5.32 Å². The fourth-order valence-electron chi connectivity index (χ4n) is 1.59. The summed E-state index contributed by atoms with van der Waals surface area (Å²) >= 11 is 7.92. The van der Waals surface area contributed by atoms with Crippen LogP contribution in [0.3, 0.4) is 0 Å². The molecule has 86 valence electrons. The largest absolute Gasteiger partial charge is 0.334 e. The van der Waals surface area contributed by atoms with Gasteiger partial charge < -0.3 is 5.32 Å². The van der Waals surface area contributed by atoms with Gasteiger partial charge in [0, 0.05) is 5.75 Å². The number of benzene rings is 1. The minimum Gasteiger partial charge on any atom is -0.334 e. The van der Waals surface area contributed by atoms with Crippen LogP contribution in [0.5, 0.6) is 0 Å². The van der Waals surface area contributed by atoms with Gasteiger partial charge in [-0.1, -0.05) is 35.5 Å². The van der Waals surface area contributed by atoms with Crippen molar-refractivity contribution in [1.82, 2.24) is 0 Å². The predicted octanol–water partition coefficient (Wildman–Crippen LogP) is 3.94. The highest BCUT2D eigenvalue weighted by atomic mass is 35.5. The summed E-state index contributed by atoms with van der Waals surface area (Å²) in [4.78, 5) is 4.57. The van der Waals surface area contributed by atoms with Gasteiger partial charge in [0.2, 0.25) is 0 Å². The number of para-hydroxylation sites is 1. The molecule has 4 heteroatoms. The van der Waals surface area contributed by atoms with Crippen molar-refractivity contribution < 1.29 is 0 Å². The van der Waals surface area contributed by atoms with Crippen LogP contribution in [0.15, 0.2) is 23.2 Å². The molecule has 0 saturated heterocycles. The van der Waals surface area contributed by atoms with Gasteiger partial charge in [-0.3, -0.25) is 4.99 Å². The summed E-state index contributed by atoms with van der Waals surface area (Å²) in [5.74, 6) is 1.12. The van der Waals surface area contributed by atoms with Gasteiger partial charge in [-0.05, 0) is 31.9 Å². The number of nitrogens with zero attached hydrogens (tertiary/aromatic N) is 1. The summed E-state index contributed by atoms with van der Waals surface area (Å²) in [6, 6.07) is 6.31. The average molecular weight is 255 g/mol. The van der Waals surface area contributed by atoms with Crippen LogP contribution in [-0.4, -0.2) is 17.0 Å². The summed E-state index contributed by atoms with van der Waals surface area (Å²) in [7, 11) is 0. The summed E-state index contributed by atoms with van der Waals surface area (Å²) in [6.45, 7) is 4.19. The van der Waals surface area contributed by atoms with Crippen LogP contribution in [0.25, 0.3) is 0 Å². The normalized spacial score (nSPS) is 20.4. The van der Waals surface area contributed by atoms with Crippen molar-refractivity contribution in [3.05, 3.63) is 28.8 Å². The summed E-state index contributed by atoms with van der Waals surface area (Å²) in [6.07, 6.45) is 1.15. The molecule has 0 spiro atoms. The molecular formula is C12H15ClN2S. The highest BCUT2D eigenvalue weighted by Gasteiger charge is 2.13. The van der Waals surface area contributed by atoms with Gasteiger partial charge in [0.25, 0.3) is 0 Å². The Labute approximate surface area is 105 Å². The molecule has 0 amide bonds. The minimum absolute atomic E-state index is 0.409. The van der Waals surface area contributed by atoms with E-state index in [9.17, 15) is 0 Å². The standard InChI is InChI=1S/C12H15ClN2S/c1-8-4-3-5-10(13)11(8)15-12-14-9(2)6-7-16-12/h3-5,9H,6-7H2,1-2H3,(H,14,15). The van der Waals surface area contributed by atoms with E-state index in [1.807, 2.05) is 25.1 Å². The highest BCUT2D eigenvalue weighted by Crippen LogP contribution is 2.27. The van der Waals surface area contributed by atoms with Crippen molar-refractivity contribution in [2.24, 2.45) is 4.99 Å². The molecular weight excluding hydrogens is 240 g/mol. The van der Waals surface area contributed by atoms with E-state index in [1.54, 1.807) is 11.8 Å². The zero-order valence-electron chi connectivity index (χ0n) is 9.46. The van der Waals surface area contributed by atoms with Gasteiger partial charge in [0.15, 0.2) is 5.17 Å². The number of anilines is 1. The first-order valence-corrected chi connectivity index (χ1v) is 6.76.